The third kappa shape index (κ3) is 3.35. The molecule has 3 fully saturated rings. The maximum Gasteiger partial charge on any atom is 0.223 e. The van der Waals surface area contributed by atoms with Gasteiger partial charge in [-0.3, -0.25) is 4.79 Å². The fourth-order valence-electron chi connectivity index (χ4n) is 5.50. The van der Waals surface area contributed by atoms with Crippen LogP contribution < -0.4 is 0 Å². The Balaban J connectivity index is 1.43. The molecule has 0 spiro atoms. The number of amides is 1. The van der Waals surface area contributed by atoms with Gasteiger partial charge < -0.3 is 9.80 Å². The van der Waals surface area contributed by atoms with E-state index in [9.17, 15) is 4.79 Å². The molecule has 2 atom stereocenters. The first-order chi connectivity index (χ1) is 13.7. The first-order valence-corrected chi connectivity index (χ1v) is 10.9. The van der Waals surface area contributed by atoms with Gasteiger partial charge in [-0.15, -0.1) is 0 Å². The van der Waals surface area contributed by atoms with Gasteiger partial charge in [-0.05, 0) is 73.0 Å². The van der Waals surface area contributed by atoms with Gasteiger partial charge in [0.25, 0.3) is 0 Å². The van der Waals surface area contributed by atoms with Crippen LogP contribution in [0, 0.1) is 11.8 Å². The SMILES string of the molecule is O=C(C[C@@H]1CN2CCC1CC2)N1CCc2ccccc2[C@@H]1c1ccc(Cl)cc1. The van der Waals surface area contributed by atoms with Gasteiger partial charge in [0.2, 0.25) is 5.91 Å². The Morgan fingerprint density at radius 3 is 2.46 bits per heavy atom. The molecule has 0 saturated carbocycles. The fourth-order valence-corrected chi connectivity index (χ4v) is 5.63. The van der Waals surface area contributed by atoms with Crippen molar-refractivity contribution in [1.82, 2.24) is 9.80 Å². The third-order valence-electron chi connectivity index (χ3n) is 7.02. The summed E-state index contributed by atoms with van der Waals surface area (Å²) in [6, 6.07) is 16.6. The van der Waals surface area contributed by atoms with E-state index < -0.39 is 0 Å². The van der Waals surface area contributed by atoms with Crippen LogP contribution in [-0.2, 0) is 11.2 Å². The lowest BCUT2D eigenvalue weighted by Gasteiger charge is -2.46. The molecular weight excluding hydrogens is 368 g/mol. The first kappa shape index (κ1) is 18.2. The number of piperidine rings is 3. The van der Waals surface area contributed by atoms with Gasteiger partial charge in [0, 0.05) is 24.5 Å². The number of rotatable bonds is 3. The summed E-state index contributed by atoms with van der Waals surface area (Å²) in [6.45, 7) is 4.34. The minimum atomic E-state index is -0.00389. The van der Waals surface area contributed by atoms with Gasteiger partial charge >= 0.3 is 0 Å². The van der Waals surface area contributed by atoms with Crippen molar-refractivity contribution in [2.45, 2.75) is 31.7 Å². The monoisotopic (exact) mass is 394 g/mol. The molecule has 4 heteroatoms. The summed E-state index contributed by atoms with van der Waals surface area (Å²) >= 11 is 6.13. The van der Waals surface area contributed by atoms with Crippen molar-refractivity contribution in [2.75, 3.05) is 26.2 Å². The number of halogens is 1. The Kier molecular flexibility index (Phi) is 4.90. The molecule has 4 heterocycles. The molecule has 146 valence electrons. The Hall–Kier alpha value is -1.84. The van der Waals surface area contributed by atoms with Crippen LogP contribution in [0.25, 0.3) is 0 Å². The Morgan fingerprint density at radius 1 is 1.00 bits per heavy atom. The summed E-state index contributed by atoms with van der Waals surface area (Å²) in [5.74, 6) is 1.58. The summed E-state index contributed by atoms with van der Waals surface area (Å²) in [7, 11) is 0. The molecule has 0 aliphatic carbocycles. The molecule has 4 aliphatic rings. The molecule has 0 aromatic heterocycles. The lowest BCUT2D eigenvalue weighted by atomic mass is 9.77. The summed E-state index contributed by atoms with van der Waals surface area (Å²) in [4.78, 5) is 18.2. The van der Waals surface area contributed by atoms with E-state index in [1.807, 2.05) is 12.1 Å². The number of carbonyl (C=O) groups is 1. The van der Waals surface area contributed by atoms with E-state index in [4.69, 9.17) is 11.6 Å². The van der Waals surface area contributed by atoms with Crippen molar-refractivity contribution in [3.05, 3.63) is 70.2 Å². The van der Waals surface area contributed by atoms with Crippen LogP contribution >= 0.6 is 11.6 Å². The van der Waals surface area contributed by atoms with Crippen molar-refractivity contribution in [2.24, 2.45) is 11.8 Å². The minimum absolute atomic E-state index is 0.00389. The largest absolute Gasteiger partial charge is 0.331 e. The number of benzene rings is 2. The highest BCUT2D eigenvalue weighted by Gasteiger charge is 2.38. The van der Waals surface area contributed by atoms with E-state index in [0.717, 1.165) is 36.0 Å². The van der Waals surface area contributed by atoms with Gasteiger partial charge in [-0.25, -0.2) is 0 Å². The number of fused-ring (bicyclic) bond motifs is 4. The quantitative estimate of drug-likeness (QED) is 0.762. The van der Waals surface area contributed by atoms with Gasteiger partial charge in [0.1, 0.15) is 0 Å². The smallest absolute Gasteiger partial charge is 0.223 e. The van der Waals surface area contributed by atoms with E-state index >= 15 is 0 Å². The molecule has 4 aliphatic heterocycles. The maximum atomic E-state index is 13.5. The molecule has 2 aromatic rings. The highest BCUT2D eigenvalue weighted by molar-refractivity contribution is 6.30. The van der Waals surface area contributed by atoms with Crippen LogP contribution in [0.3, 0.4) is 0 Å². The predicted octanol–water partition coefficient (Wildman–Crippen LogP) is 4.55. The van der Waals surface area contributed by atoms with Crippen LogP contribution in [0.4, 0.5) is 0 Å². The molecule has 0 radical (unpaired) electrons. The molecule has 1 amide bonds. The Labute approximate surface area is 172 Å². The second kappa shape index (κ2) is 7.53. The Bertz CT molecular complexity index is 857. The third-order valence-corrected chi connectivity index (χ3v) is 7.27. The summed E-state index contributed by atoms with van der Waals surface area (Å²) < 4.78 is 0. The summed E-state index contributed by atoms with van der Waals surface area (Å²) in [6.07, 6.45) is 4.16. The number of nitrogens with zero attached hydrogens (tertiary/aromatic N) is 2. The minimum Gasteiger partial charge on any atom is -0.331 e. The zero-order valence-corrected chi connectivity index (χ0v) is 16.9. The summed E-state index contributed by atoms with van der Waals surface area (Å²) in [5, 5.41) is 0.734. The van der Waals surface area contributed by atoms with Crippen LogP contribution in [0.2, 0.25) is 5.02 Å². The lowest BCUT2D eigenvalue weighted by Crippen LogP contribution is -2.49. The van der Waals surface area contributed by atoms with E-state index in [2.05, 4.69) is 46.2 Å². The number of hydrogen-bond acceptors (Lipinski definition) is 2. The molecule has 3 nitrogen and oxygen atoms in total. The molecule has 28 heavy (non-hydrogen) atoms. The average Bonchev–Trinajstić information content (AvgIpc) is 2.74. The highest BCUT2D eigenvalue weighted by Crippen LogP contribution is 2.39. The first-order valence-electron chi connectivity index (χ1n) is 10.5. The fraction of sp³-hybridized carbons (Fsp3) is 0.458. The van der Waals surface area contributed by atoms with E-state index in [1.165, 1.54) is 37.1 Å². The second-order valence-corrected chi connectivity index (χ2v) is 9.03. The molecule has 0 N–H and O–H groups in total. The normalized spacial score (nSPS) is 28.8. The molecule has 2 aromatic carbocycles. The van der Waals surface area contributed by atoms with Gasteiger partial charge in [0.05, 0.1) is 6.04 Å². The van der Waals surface area contributed by atoms with Crippen LogP contribution in [0.15, 0.2) is 48.5 Å². The van der Waals surface area contributed by atoms with Crippen LogP contribution in [0.1, 0.15) is 42.0 Å². The lowest BCUT2D eigenvalue weighted by molar-refractivity contribution is -0.136. The van der Waals surface area contributed by atoms with Crippen molar-refractivity contribution in [1.29, 1.82) is 0 Å². The average molecular weight is 395 g/mol. The van der Waals surface area contributed by atoms with E-state index in [0.29, 0.717) is 18.2 Å². The zero-order valence-electron chi connectivity index (χ0n) is 16.2. The molecule has 0 unspecified atom stereocenters. The van der Waals surface area contributed by atoms with Crippen LogP contribution in [-0.4, -0.2) is 41.9 Å². The molecule has 6 rings (SSSR count). The van der Waals surface area contributed by atoms with Crippen LogP contribution in [0.5, 0.6) is 0 Å². The zero-order chi connectivity index (χ0) is 19.1. The Morgan fingerprint density at radius 2 is 1.75 bits per heavy atom. The number of hydrogen-bond donors (Lipinski definition) is 0. The van der Waals surface area contributed by atoms with Crippen molar-refractivity contribution < 1.29 is 4.79 Å². The van der Waals surface area contributed by atoms with Crippen molar-refractivity contribution in [3.63, 3.8) is 0 Å². The standard InChI is InChI=1S/C24H27ClN2O/c25-21-7-5-19(6-8-21)24-22-4-2-1-3-18(22)11-14-27(24)23(28)15-20-16-26-12-9-17(20)10-13-26/h1-8,17,20,24H,9-16H2/t20-,24+/m1/s1. The van der Waals surface area contributed by atoms with Gasteiger partial charge in [0.15, 0.2) is 0 Å². The number of carbonyl (C=O) groups excluding carboxylic acids is 1. The van der Waals surface area contributed by atoms with Gasteiger partial charge in [-0.2, -0.15) is 0 Å². The van der Waals surface area contributed by atoms with Crippen molar-refractivity contribution >= 4 is 17.5 Å². The molecular formula is C24H27ClN2O. The maximum absolute atomic E-state index is 13.5. The molecule has 2 bridgehead atoms. The second-order valence-electron chi connectivity index (χ2n) is 8.59. The topological polar surface area (TPSA) is 23.6 Å². The van der Waals surface area contributed by atoms with Crippen molar-refractivity contribution in [3.8, 4) is 0 Å². The van der Waals surface area contributed by atoms with E-state index in [-0.39, 0.29) is 6.04 Å². The van der Waals surface area contributed by atoms with Gasteiger partial charge in [-0.1, -0.05) is 48.0 Å². The van der Waals surface area contributed by atoms with E-state index in [1.54, 1.807) is 0 Å². The highest BCUT2D eigenvalue weighted by atomic mass is 35.5. The molecule has 3 saturated heterocycles. The summed E-state index contributed by atoms with van der Waals surface area (Å²) in [5.41, 5.74) is 3.77. The predicted molar refractivity (Wildman–Crippen MR) is 112 cm³/mol.